The number of nitrogens with two attached hydrogens (primary N) is 1. The summed E-state index contributed by atoms with van der Waals surface area (Å²) in [6.07, 6.45) is 0.348. The Morgan fingerprint density at radius 2 is 2.60 bits per heavy atom. The van der Waals surface area contributed by atoms with Gasteiger partial charge in [0.1, 0.15) is 5.76 Å². The van der Waals surface area contributed by atoms with Crippen LogP contribution in [0, 0.1) is 12.3 Å². The molecule has 0 aliphatic carbocycles. The number of hydrogen-bond acceptors (Lipinski definition) is 3. The van der Waals surface area contributed by atoms with Crippen LogP contribution in [0.1, 0.15) is 11.5 Å². The molecule has 4 nitrogen and oxygen atoms in total. The van der Waals surface area contributed by atoms with Crippen molar-refractivity contribution in [3.8, 4) is 0 Å². The van der Waals surface area contributed by atoms with Gasteiger partial charge in [0.15, 0.2) is 0 Å². The van der Waals surface area contributed by atoms with Gasteiger partial charge >= 0.3 is 0 Å². The molecule has 4 heteroatoms. The molecule has 0 atom stereocenters. The van der Waals surface area contributed by atoms with Crippen LogP contribution in [0.2, 0.25) is 0 Å². The summed E-state index contributed by atoms with van der Waals surface area (Å²) in [6, 6.07) is 1.77. The first-order chi connectivity index (χ1) is 4.68. The standard InChI is InChI=1S/C6H9N3O/c1-4-2-5(10-9-4)3-6(7)8/h2H,3H2,1H3,(H3,7,8). The van der Waals surface area contributed by atoms with E-state index in [-0.39, 0.29) is 5.84 Å². The van der Waals surface area contributed by atoms with E-state index in [2.05, 4.69) is 5.16 Å². The van der Waals surface area contributed by atoms with Crippen molar-refractivity contribution in [1.82, 2.24) is 5.16 Å². The van der Waals surface area contributed by atoms with Crippen LogP contribution in [0.5, 0.6) is 0 Å². The molecule has 0 amide bonds. The molecular weight excluding hydrogens is 130 g/mol. The van der Waals surface area contributed by atoms with Crippen LogP contribution < -0.4 is 5.73 Å². The number of aromatic nitrogens is 1. The van der Waals surface area contributed by atoms with Gasteiger partial charge in [-0.05, 0) is 6.92 Å². The second kappa shape index (κ2) is 2.51. The zero-order chi connectivity index (χ0) is 7.56. The van der Waals surface area contributed by atoms with Gasteiger partial charge in [0, 0.05) is 6.07 Å². The van der Waals surface area contributed by atoms with Gasteiger partial charge in [-0.3, -0.25) is 5.41 Å². The van der Waals surface area contributed by atoms with Crippen LogP contribution in [0.25, 0.3) is 0 Å². The summed E-state index contributed by atoms with van der Waals surface area (Å²) in [7, 11) is 0. The maximum absolute atomic E-state index is 6.93. The number of aryl methyl sites for hydroxylation is 1. The van der Waals surface area contributed by atoms with Crippen molar-refractivity contribution in [3.63, 3.8) is 0 Å². The first-order valence-corrected chi connectivity index (χ1v) is 2.93. The van der Waals surface area contributed by atoms with E-state index in [1.807, 2.05) is 6.92 Å². The fourth-order valence-corrected chi connectivity index (χ4v) is 0.687. The van der Waals surface area contributed by atoms with Crippen molar-refractivity contribution in [2.24, 2.45) is 5.73 Å². The second-order valence-electron chi connectivity index (χ2n) is 2.14. The largest absolute Gasteiger partial charge is 0.387 e. The Balaban J connectivity index is 2.67. The summed E-state index contributed by atoms with van der Waals surface area (Å²) in [4.78, 5) is 0. The fourth-order valence-electron chi connectivity index (χ4n) is 0.687. The molecule has 0 aliphatic rings. The van der Waals surface area contributed by atoms with Crippen LogP contribution in [0.15, 0.2) is 10.6 Å². The Labute approximate surface area is 58.5 Å². The lowest BCUT2D eigenvalue weighted by atomic mass is 10.3. The molecule has 0 aromatic carbocycles. The lowest BCUT2D eigenvalue weighted by molar-refractivity contribution is 0.388. The molecule has 1 heterocycles. The summed E-state index contributed by atoms with van der Waals surface area (Å²) < 4.78 is 4.80. The highest BCUT2D eigenvalue weighted by atomic mass is 16.5. The summed E-state index contributed by atoms with van der Waals surface area (Å²) in [5.74, 6) is 0.737. The fraction of sp³-hybridized carbons (Fsp3) is 0.333. The predicted octanol–water partition coefficient (Wildman–Crippen LogP) is 0.461. The average molecular weight is 139 g/mol. The SMILES string of the molecule is Cc1cc(CC(=N)N)on1. The van der Waals surface area contributed by atoms with Crippen molar-refractivity contribution < 1.29 is 4.52 Å². The topological polar surface area (TPSA) is 75.9 Å². The number of rotatable bonds is 2. The molecule has 0 spiro atoms. The number of hydrogen-bond donors (Lipinski definition) is 2. The Hall–Kier alpha value is -1.32. The van der Waals surface area contributed by atoms with Crippen molar-refractivity contribution in [1.29, 1.82) is 5.41 Å². The third-order valence-electron chi connectivity index (χ3n) is 1.04. The minimum atomic E-state index is 0.0937. The molecule has 1 rings (SSSR count). The predicted molar refractivity (Wildman–Crippen MR) is 36.9 cm³/mol. The number of nitrogens with one attached hydrogen (secondary N) is 1. The van der Waals surface area contributed by atoms with E-state index in [4.69, 9.17) is 15.7 Å². The molecule has 1 aromatic rings. The summed E-state index contributed by atoms with van der Waals surface area (Å²) >= 11 is 0. The van der Waals surface area contributed by atoms with E-state index in [9.17, 15) is 0 Å². The van der Waals surface area contributed by atoms with E-state index < -0.39 is 0 Å². The molecule has 1 aromatic heterocycles. The molecule has 0 unspecified atom stereocenters. The van der Waals surface area contributed by atoms with Crippen LogP contribution >= 0.6 is 0 Å². The molecule has 0 saturated carbocycles. The summed E-state index contributed by atoms with van der Waals surface area (Å²) in [5.41, 5.74) is 5.95. The van der Waals surface area contributed by atoms with E-state index in [1.165, 1.54) is 0 Å². The molecule has 10 heavy (non-hydrogen) atoms. The van der Waals surface area contributed by atoms with Gasteiger partial charge in [0.25, 0.3) is 0 Å². The summed E-state index contributed by atoms with van der Waals surface area (Å²) in [5, 5.41) is 10.6. The molecule has 0 bridgehead atoms. The zero-order valence-electron chi connectivity index (χ0n) is 5.72. The second-order valence-corrected chi connectivity index (χ2v) is 2.14. The Morgan fingerprint density at radius 3 is 3.00 bits per heavy atom. The maximum atomic E-state index is 6.93. The molecule has 0 fully saturated rings. The highest BCUT2D eigenvalue weighted by molar-refractivity contribution is 5.78. The van der Waals surface area contributed by atoms with Gasteiger partial charge < -0.3 is 10.3 Å². The molecule has 0 radical (unpaired) electrons. The smallest absolute Gasteiger partial charge is 0.144 e. The number of nitrogens with zero attached hydrogens (tertiary/aromatic N) is 1. The molecule has 3 N–H and O–H groups in total. The summed E-state index contributed by atoms with van der Waals surface area (Å²) in [6.45, 7) is 1.83. The van der Waals surface area contributed by atoms with Gasteiger partial charge in [0.2, 0.25) is 0 Å². The first-order valence-electron chi connectivity index (χ1n) is 2.93. The van der Waals surface area contributed by atoms with Crippen LogP contribution in [-0.2, 0) is 6.42 Å². The lowest BCUT2D eigenvalue weighted by Crippen LogP contribution is -2.11. The van der Waals surface area contributed by atoms with Crippen LogP contribution in [-0.4, -0.2) is 11.0 Å². The van der Waals surface area contributed by atoms with E-state index in [0.29, 0.717) is 12.2 Å². The number of amidine groups is 1. The van der Waals surface area contributed by atoms with Crippen molar-refractivity contribution >= 4 is 5.84 Å². The monoisotopic (exact) mass is 139 g/mol. The molecule has 0 aliphatic heterocycles. The minimum Gasteiger partial charge on any atom is -0.387 e. The lowest BCUT2D eigenvalue weighted by Gasteiger charge is -1.88. The maximum Gasteiger partial charge on any atom is 0.144 e. The normalized spacial score (nSPS) is 9.70. The van der Waals surface area contributed by atoms with Gasteiger partial charge in [-0.25, -0.2) is 0 Å². The highest BCUT2D eigenvalue weighted by Gasteiger charge is 2.00. The zero-order valence-corrected chi connectivity index (χ0v) is 5.72. The van der Waals surface area contributed by atoms with Gasteiger partial charge in [-0.1, -0.05) is 5.16 Å². The van der Waals surface area contributed by atoms with E-state index >= 15 is 0 Å². The van der Waals surface area contributed by atoms with Gasteiger partial charge in [0.05, 0.1) is 18.0 Å². The molecular formula is C6H9N3O. The van der Waals surface area contributed by atoms with Gasteiger partial charge in [-0.15, -0.1) is 0 Å². The Morgan fingerprint density at radius 1 is 1.90 bits per heavy atom. The molecule has 54 valence electrons. The highest BCUT2D eigenvalue weighted by Crippen LogP contribution is 2.01. The van der Waals surface area contributed by atoms with Crippen LogP contribution in [0.4, 0.5) is 0 Å². The van der Waals surface area contributed by atoms with Crippen molar-refractivity contribution in [2.45, 2.75) is 13.3 Å². The third kappa shape index (κ3) is 1.58. The van der Waals surface area contributed by atoms with Crippen molar-refractivity contribution in [3.05, 3.63) is 17.5 Å². The Bertz CT molecular complexity index is 241. The minimum absolute atomic E-state index is 0.0937. The van der Waals surface area contributed by atoms with Crippen molar-refractivity contribution in [2.75, 3.05) is 0 Å². The van der Waals surface area contributed by atoms with E-state index in [1.54, 1.807) is 6.07 Å². The molecule has 0 saturated heterocycles. The average Bonchev–Trinajstić information content (AvgIpc) is 2.13. The quantitative estimate of drug-likeness (QED) is 0.461. The van der Waals surface area contributed by atoms with Gasteiger partial charge in [-0.2, -0.15) is 0 Å². The third-order valence-corrected chi connectivity index (χ3v) is 1.04. The van der Waals surface area contributed by atoms with E-state index in [0.717, 1.165) is 5.69 Å². The first kappa shape index (κ1) is 6.80. The van der Waals surface area contributed by atoms with Crippen LogP contribution in [0.3, 0.4) is 0 Å². The Kier molecular flexibility index (Phi) is 1.71.